The maximum atomic E-state index is 10.1. The predicted octanol–water partition coefficient (Wildman–Crippen LogP) is 2.30. The number of aromatic hydroxyl groups is 1. The molecule has 3 nitrogen and oxygen atoms in total. The van der Waals surface area contributed by atoms with Crippen LogP contribution in [0.5, 0.6) is 5.75 Å². The lowest BCUT2D eigenvalue weighted by Gasteiger charge is -2.35. The molecule has 1 fully saturated rings. The summed E-state index contributed by atoms with van der Waals surface area (Å²) in [6, 6.07) is 7.89. The molecule has 3 heteroatoms. The first-order valence-electron chi connectivity index (χ1n) is 6.55. The van der Waals surface area contributed by atoms with Crippen LogP contribution in [-0.4, -0.2) is 36.2 Å². The van der Waals surface area contributed by atoms with Gasteiger partial charge in [-0.25, -0.2) is 0 Å². The van der Waals surface area contributed by atoms with E-state index in [1.165, 1.54) is 0 Å². The molecule has 98 valence electrons. The minimum Gasteiger partial charge on any atom is -0.508 e. The minimum absolute atomic E-state index is 0.241. The van der Waals surface area contributed by atoms with Gasteiger partial charge in [-0.2, -0.15) is 0 Å². The van der Waals surface area contributed by atoms with Crippen LogP contribution in [0.1, 0.15) is 24.9 Å². The van der Waals surface area contributed by atoms with E-state index in [4.69, 9.17) is 0 Å². The standard InChI is InChI=1S/C15H22N2O/c1-12(2)11-14(17-9-7-16-8-10-17)13-5-3-4-6-15(13)18/h3-6,14,16,18H,1,7-11H2,2H3/t14-/m0/s1. The zero-order valence-electron chi connectivity index (χ0n) is 11.0. The third-order valence-electron chi connectivity index (χ3n) is 3.43. The second-order valence-electron chi connectivity index (χ2n) is 5.02. The second kappa shape index (κ2) is 6.03. The van der Waals surface area contributed by atoms with Crippen LogP contribution in [0.15, 0.2) is 36.4 Å². The summed E-state index contributed by atoms with van der Waals surface area (Å²) >= 11 is 0. The SMILES string of the molecule is C=C(C)C[C@@H](c1ccccc1O)N1CCNCC1. The molecule has 1 atom stereocenters. The number of rotatable bonds is 4. The van der Waals surface area contributed by atoms with Gasteiger partial charge in [0.25, 0.3) is 0 Å². The Balaban J connectivity index is 2.24. The maximum absolute atomic E-state index is 10.1. The Morgan fingerprint density at radius 3 is 2.67 bits per heavy atom. The lowest BCUT2D eigenvalue weighted by Crippen LogP contribution is -2.45. The third-order valence-corrected chi connectivity index (χ3v) is 3.43. The van der Waals surface area contributed by atoms with Crippen LogP contribution in [0.3, 0.4) is 0 Å². The van der Waals surface area contributed by atoms with Gasteiger partial charge in [-0.15, -0.1) is 6.58 Å². The highest BCUT2D eigenvalue weighted by Crippen LogP contribution is 2.32. The molecule has 1 aliphatic rings. The van der Waals surface area contributed by atoms with Crippen LogP contribution in [0.4, 0.5) is 0 Å². The zero-order chi connectivity index (χ0) is 13.0. The fourth-order valence-electron chi connectivity index (χ4n) is 2.53. The molecular formula is C15H22N2O. The molecule has 0 amide bonds. The first-order chi connectivity index (χ1) is 8.68. The molecule has 1 aromatic carbocycles. The van der Waals surface area contributed by atoms with E-state index in [1.807, 2.05) is 18.2 Å². The molecule has 2 N–H and O–H groups in total. The molecule has 1 heterocycles. The van der Waals surface area contributed by atoms with Crippen molar-refractivity contribution in [3.8, 4) is 5.75 Å². The number of phenols is 1. The number of phenolic OH excluding ortho intramolecular Hbond substituents is 1. The van der Waals surface area contributed by atoms with Crippen molar-refractivity contribution in [3.63, 3.8) is 0 Å². The van der Waals surface area contributed by atoms with Crippen molar-refractivity contribution < 1.29 is 5.11 Å². The molecule has 0 saturated carbocycles. The second-order valence-corrected chi connectivity index (χ2v) is 5.02. The van der Waals surface area contributed by atoms with Gasteiger partial charge in [0.2, 0.25) is 0 Å². The molecule has 0 unspecified atom stereocenters. The summed E-state index contributed by atoms with van der Waals surface area (Å²) in [4.78, 5) is 2.43. The predicted molar refractivity (Wildman–Crippen MR) is 74.7 cm³/mol. The Morgan fingerprint density at radius 1 is 1.39 bits per heavy atom. The van der Waals surface area contributed by atoms with Gasteiger partial charge in [0.05, 0.1) is 0 Å². The van der Waals surface area contributed by atoms with Gasteiger partial charge in [0, 0.05) is 37.8 Å². The van der Waals surface area contributed by atoms with Gasteiger partial charge >= 0.3 is 0 Å². The van der Waals surface area contributed by atoms with Crippen LogP contribution in [0.2, 0.25) is 0 Å². The van der Waals surface area contributed by atoms with E-state index >= 15 is 0 Å². The van der Waals surface area contributed by atoms with Crippen LogP contribution in [0, 0.1) is 0 Å². The van der Waals surface area contributed by atoms with Crippen LogP contribution < -0.4 is 5.32 Å². The third kappa shape index (κ3) is 3.12. The van der Waals surface area contributed by atoms with E-state index in [9.17, 15) is 5.11 Å². The zero-order valence-corrected chi connectivity index (χ0v) is 11.0. The van der Waals surface area contributed by atoms with E-state index in [1.54, 1.807) is 6.07 Å². The summed E-state index contributed by atoms with van der Waals surface area (Å²) in [5, 5.41) is 13.4. The molecule has 18 heavy (non-hydrogen) atoms. The fourth-order valence-corrected chi connectivity index (χ4v) is 2.53. The van der Waals surface area contributed by atoms with Crippen molar-refractivity contribution in [2.75, 3.05) is 26.2 Å². The Bertz CT molecular complexity index is 411. The van der Waals surface area contributed by atoms with Gasteiger partial charge in [0.1, 0.15) is 5.75 Å². The number of piperazine rings is 1. The summed E-state index contributed by atoms with van der Waals surface area (Å²) in [5.41, 5.74) is 2.17. The summed E-state index contributed by atoms with van der Waals surface area (Å²) in [7, 11) is 0. The number of hydrogen-bond donors (Lipinski definition) is 2. The number of benzene rings is 1. The molecule has 1 saturated heterocycles. The average molecular weight is 246 g/mol. The Kier molecular flexibility index (Phi) is 4.39. The number of nitrogens with one attached hydrogen (secondary N) is 1. The fraction of sp³-hybridized carbons (Fsp3) is 0.467. The molecular weight excluding hydrogens is 224 g/mol. The first-order valence-corrected chi connectivity index (χ1v) is 6.55. The largest absolute Gasteiger partial charge is 0.508 e. The van der Waals surface area contributed by atoms with Gasteiger partial charge < -0.3 is 10.4 Å². The quantitative estimate of drug-likeness (QED) is 0.800. The van der Waals surface area contributed by atoms with E-state index in [0.29, 0.717) is 5.75 Å². The van der Waals surface area contributed by atoms with Crippen molar-refractivity contribution >= 4 is 0 Å². The first kappa shape index (κ1) is 13.1. The van der Waals surface area contributed by atoms with Crippen molar-refractivity contribution in [1.82, 2.24) is 10.2 Å². The van der Waals surface area contributed by atoms with Crippen molar-refractivity contribution in [2.45, 2.75) is 19.4 Å². The number of nitrogens with zero attached hydrogens (tertiary/aromatic N) is 1. The van der Waals surface area contributed by atoms with Crippen molar-refractivity contribution in [3.05, 3.63) is 42.0 Å². The average Bonchev–Trinajstić information content (AvgIpc) is 2.38. The highest BCUT2D eigenvalue weighted by molar-refractivity contribution is 5.35. The molecule has 0 aliphatic carbocycles. The highest BCUT2D eigenvalue weighted by Gasteiger charge is 2.23. The van der Waals surface area contributed by atoms with Crippen LogP contribution in [-0.2, 0) is 0 Å². The Morgan fingerprint density at radius 2 is 2.06 bits per heavy atom. The van der Waals surface area contributed by atoms with E-state index in [-0.39, 0.29) is 6.04 Å². The van der Waals surface area contributed by atoms with Gasteiger partial charge in [0.15, 0.2) is 0 Å². The van der Waals surface area contributed by atoms with Gasteiger partial charge in [-0.3, -0.25) is 4.90 Å². The maximum Gasteiger partial charge on any atom is 0.120 e. The topological polar surface area (TPSA) is 35.5 Å². The lowest BCUT2D eigenvalue weighted by atomic mass is 9.97. The highest BCUT2D eigenvalue weighted by atomic mass is 16.3. The van der Waals surface area contributed by atoms with E-state index in [0.717, 1.165) is 43.7 Å². The number of para-hydroxylation sites is 1. The molecule has 0 aromatic heterocycles. The summed E-state index contributed by atoms with van der Waals surface area (Å²) in [5.74, 6) is 0.391. The monoisotopic (exact) mass is 246 g/mol. The van der Waals surface area contributed by atoms with Crippen LogP contribution in [0.25, 0.3) is 0 Å². The molecule has 0 radical (unpaired) electrons. The Hall–Kier alpha value is -1.32. The molecule has 1 aliphatic heterocycles. The summed E-state index contributed by atoms with van der Waals surface area (Å²) in [6.07, 6.45) is 0.900. The van der Waals surface area contributed by atoms with Gasteiger partial charge in [-0.1, -0.05) is 23.8 Å². The Labute approximate surface area is 109 Å². The van der Waals surface area contributed by atoms with Crippen LogP contribution >= 0.6 is 0 Å². The summed E-state index contributed by atoms with van der Waals surface area (Å²) in [6.45, 7) is 10.1. The summed E-state index contributed by atoms with van der Waals surface area (Å²) < 4.78 is 0. The van der Waals surface area contributed by atoms with Crippen molar-refractivity contribution in [2.24, 2.45) is 0 Å². The number of hydrogen-bond acceptors (Lipinski definition) is 3. The van der Waals surface area contributed by atoms with Crippen molar-refractivity contribution in [1.29, 1.82) is 0 Å². The van der Waals surface area contributed by atoms with E-state index < -0.39 is 0 Å². The lowest BCUT2D eigenvalue weighted by molar-refractivity contribution is 0.170. The molecule has 2 rings (SSSR count). The smallest absolute Gasteiger partial charge is 0.120 e. The molecule has 1 aromatic rings. The molecule has 0 spiro atoms. The van der Waals surface area contributed by atoms with Gasteiger partial charge in [-0.05, 0) is 19.4 Å². The minimum atomic E-state index is 0.241. The molecule has 0 bridgehead atoms. The normalized spacial score (nSPS) is 18.5. The van der Waals surface area contributed by atoms with E-state index in [2.05, 4.69) is 23.7 Å².